The van der Waals surface area contributed by atoms with Gasteiger partial charge in [-0.3, -0.25) is 19.9 Å². The fraction of sp³-hybridized carbons (Fsp3) is 0.560. The second-order valence-electron chi connectivity index (χ2n) is 9.27. The second-order valence-corrected chi connectivity index (χ2v) is 10.4. The van der Waals surface area contributed by atoms with Crippen molar-refractivity contribution in [1.82, 2.24) is 20.1 Å². The Bertz CT molecular complexity index is 1050. The largest absolute Gasteiger partial charge is 0.352 e. The van der Waals surface area contributed by atoms with Gasteiger partial charge in [-0.15, -0.1) is 0 Å². The molecule has 1 unspecified atom stereocenters. The smallest absolute Gasteiger partial charge is 0.260 e. The Balaban J connectivity index is 1.53. The summed E-state index contributed by atoms with van der Waals surface area (Å²) in [6.45, 7) is 8.58. The van der Waals surface area contributed by atoms with Gasteiger partial charge < -0.3 is 15.1 Å². The van der Waals surface area contributed by atoms with Crippen LogP contribution in [0.3, 0.4) is 0 Å². The molecule has 1 atom stereocenters. The molecule has 36 heavy (non-hydrogen) atoms. The van der Waals surface area contributed by atoms with Gasteiger partial charge >= 0.3 is 0 Å². The number of aromatic nitrogens is 1. The normalized spacial score (nSPS) is 16.1. The molecule has 2 aromatic heterocycles. The molecular weight excluding hydrogens is 500 g/mol. The number of thiophene rings is 1. The number of piperidine rings is 1. The predicted octanol–water partition coefficient (Wildman–Crippen LogP) is 4.19. The van der Waals surface area contributed by atoms with E-state index in [1.807, 2.05) is 12.3 Å². The third-order valence-corrected chi connectivity index (χ3v) is 7.72. The maximum absolute atomic E-state index is 12.7. The minimum atomic E-state index is -0.308. The zero-order chi connectivity index (χ0) is 26.2. The van der Waals surface area contributed by atoms with E-state index < -0.39 is 0 Å². The number of amidine groups is 1. The van der Waals surface area contributed by atoms with Crippen molar-refractivity contribution in [3.63, 3.8) is 0 Å². The van der Waals surface area contributed by atoms with Gasteiger partial charge in [0.05, 0.1) is 11.3 Å². The zero-order valence-corrected chi connectivity index (χ0v) is 22.9. The van der Waals surface area contributed by atoms with Crippen LogP contribution in [-0.2, 0) is 6.54 Å². The third kappa shape index (κ3) is 7.47. The van der Waals surface area contributed by atoms with Crippen LogP contribution in [0.25, 0.3) is 0 Å². The number of carbonyl (C=O) groups is 1. The molecule has 9 nitrogen and oxygen atoms in total. The summed E-state index contributed by atoms with van der Waals surface area (Å²) in [6, 6.07) is 4.28. The van der Waals surface area contributed by atoms with Crippen LogP contribution in [0.5, 0.6) is 0 Å². The number of amides is 1. The highest BCUT2D eigenvalue weighted by molar-refractivity contribution is 7.07. The summed E-state index contributed by atoms with van der Waals surface area (Å²) in [5.41, 5.74) is 3.19. The Morgan fingerprint density at radius 3 is 2.72 bits per heavy atom. The highest BCUT2D eigenvalue weighted by Gasteiger charge is 2.30. The van der Waals surface area contributed by atoms with Gasteiger partial charge in [0.15, 0.2) is 5.84 Å². The highest BCUT2D eigenvalue weighted by atomic mass is 35.5. The van der Waals surface area contributed by atoms with E-state index >= 15 is 0 Å². The number of rotatable bonds is 10. The number of carbonyl (C=O) groups excluding carboxylic acids is 1. The van der Waals surface area contributed by atoms with Crippen molar-refractivity contribution in [2.75, 3.05) is 33.2 Å². The zero-order valence-electron chi connectivity index (χ0n) is 21.4. The second kappa shape index (κ2) is 13.1. The van der Waals surface area contributed by atoms with Gasteiger partial charge in [0.1, 0.15) is 5.15 Å². The summed E-state index contributed by atoms with van der Waals surface area (Å²) in [5, 5.41) is 18.8. The van der Waals surface area contributed by atoms with Gasteiger partial charge in [0.25, 0.3) is 12.5 Å². The maximum atomic E-state index is 12.7. The van der Waals surface area contributed by atoms with Gasteiger partial charge in [-0.25, -0.2) is 4.98 Å². The molecule has 2 aromatic rings. The molecule has 1 saturated heterocycles. The summed E-state index contributed by atoms with van der Waals surface area (Å²) in [5.74, 6) is 0.406. The van der Waals surface area contributed by atoms with Crippen molar-refractivity contribution in [3.8, 4) is 0 Å². The number of hydrogen-bond donors (Lipinski definition) is 1. The van der Waals surface area contributed by atoms with E-state index in [-0.39, 0.29) is 23.4 Å². The average molecular weight is 535 g/mol. The first-order valence-corrected chi connectivity index (χ1v) is 13.5. The van der Waals surface area contributed by atoms with Crippen LogP contribution in [-0.4, -0.2) is 76.8 Å². The van der Waals surface area contributed by atoms with Crippen LogP contribution < -0.4 is 5.32 Å². The molecule has 1 N–H and O–H groups in total. The maximum Gasteiger partial charge on any atom is 0.260 e. The van der Waals surface area contributed by atoms with Gasteiger partial charge in [0.2, 0.25) is 0 Å². The Morgan fingerprint density at radius 1 is 1.42 bits per heavy atom. The van der Waals surface area contributed by atoms with E-state index in [0.29, 0.717) is 41.4 Å². The fourth-order valence-electron chi connectivity index (χ4n) is 4.85. The van der Waals surface area contributed by atoms with E-state index in [1.54, 1.807) is 31.4 Å². The standard InChI is InChI=1S/C25H35ClN6O3S/c1-17-13-22(26)29-19(3)24(17)25(33)28-9-5-18(2)30-10-6-21(7-11-30)31(14-20-8-12-36-16-20)23(27-4)15-32(34)35/h8,12-13,16,18,21H,5-7,9-11,14-15H2,1-4H3,(H,28,33). The number of hydrogen-bond acceptors (Lipinski definition) is 7. The summed E-state index contributed by atoms with van der Waals surface area (Å²) < 4.78 is 0. The first-order valence-electron chi connectivity index (χ1n) is 12.2. The lowest BCUT2D eigenvalue weighted by Gasteiger charge is -2.41. The first-order chi connectivity index (χ1) is 17.2. The molecule has 1 aliphatic heterocycles. The van der Waals surface area contributed by atoms with E-state index in [4.69, 9.17) is 11.6 Å². The minimum Gasteiger partial charge on any atom is -0.352 e. The van der Waals surface area contributed by atoms with Gasteiger partial charge in [-0.05, 0) is 74.1 Å². The summed E-state index contributed by atoms with van der Waals surface area (Å²) >= 11 is 7.61. The van der Waals surface area contributed by atoms with Crippen molar-refractivity contribution >= 4 is 34.7 Å². The number of halogens is 1. The average Bonchev–Trinajstić information content (AvgIpc) is 3.34. The van der Waals surface area contributed by atoms with Crippen LogP contribution >= 0.6 is 22.9 Å². The fourth-order valence-corrected chi connectivity index (χ4v) is 5.80. The Hall–Kier alpha value is -2.56. The van der Waals surface area contributed by atoms with Crippen LogP contribution in [0, 0.1) is 24.0 Å². The first kappa shape index (κ1) is 28.0. The van der Waals surface area contributed by atoms with Gasteiger partial charge in [0, 0.05) is 50.2 Å². The molecule has 1 amide bonds. The predicted molar refractivity (Wildman–Crippen MR) is 145 cm³/mol. The molecule has 0 aromatic carbocycles. The molecule has 0 bridgehead atoms. The van der Waals surface area contributed by atoms with Crippen molar-refractivity contribution in [2.45, 2.75) is 58.7 Å². The number of pyridine rings is 1. The molecule has 196 valence electrons. The molecule has 0 aliphatic carbocycles. The molecule has 0 saturated carbocycles. The molecular formula is C25H35ClN6O3S. The summed E-state index contributed by atoms with van der Waals surface area (Å²) in [6.07, 6.45) is 2.65. The Labute approximate surface area is 221 Å². The quantitative estimate of drug-likeness (QED) is 0.161. The van der Waals surface area contributed by atoms with Crippen LogP contribution in [0.1, 0.15) is 53.4 Å². The minimum absolute atomic E-state index is 0.124. The lowest BCUT2D eigenvalue weighted by atomic mass is 10.00. The van der Waals surface area contributed by atoms with Crippen molar-refractivity contribution < 1.29 is 9.72 Å². The van der Waals surface area contributed by atoms with E-state index in [2.05, 4.69) is 43.5 Å². The summed E-state index contributed by atoms with van der Waals surface area (Å²) in [4.78, 5) is 36.7. The molecule has 11 heteroatoms. The van der Waals surface area contributed by atoms with Crippen LogP contribution in [0.15, 0.2) is 27.9 Å². The number of nitro groups is 1. The summed E-state index contributed by atoms with van der Waals surface area (Å²) in [7, 11) is 1.63. The highest BCUT2D eigenvalue weighted by Crippen LogP contribution is 2.23. The molecule has 0 spiro atoms. The van der Waals surface area contributed by atoms with E-state index in [0.717, 1.165) is 43.5 Å². The molecule has 1 fully saturated rings. The number of aryl methyl sites for hydroxylation is 2. The molecule has 3 heterocycles. The number of nitrogens with one attached hydrogen (secondary N) is 1. The van der Waals surface area contributed by atoms with Crippen LogP contribution in [0.4, 0.5) is 0 Å². The molecule has 1 aliphatic rings. The topological polar surface area (TPSA) is 104 Å². The number of likely N-dealkylation sites (tertiary alicyclic amines) is 1. The third-order valence-electron chi connectivity index (χ3n) is 6.80. The number of nitrogens with zero attached hydrogens (tertiary/aromatic N) is 5. The SMILES string of the molecule is CN=C(C[N+](=O)[O-])N(Cc1ccsc1)C1CCN(C(C)CCNC(=O)c2c(C)cc(Cl)nc2C)CC1. The van der Waals surface area contributed by atoms with Crippen molar-refractivity contribution in [2.24, 2.45) is 4.99 Å². The monoisotopic (exact) mass is 534 g/mol. The lowest BCUT2D eigenvalue weighted by molar-refractivity contribution is -0.464. The Kier molecular flexibility index (Phi) is 10.2. The Morgan fingerprint density at radius 2 is 2.14 bits per heavy atom. The van der Waals surface area contributed by atoms with Crippen LogP contribution in [0.2, 0.25) is 5.15 Å². The van der Waals surface area contributed by atoms with Crippen molar-refractivity contribution in [3.05, 3.63) is 60.5 Å². The lowest BCUT2D eigenvalue weighted by Crippen LogP contribution is -2.50. The number of aliphatic imine (C=N–C) groups is 1. The van der Waals surface area contributed by atoms with Gasteiger partial charge in [-0.1, -0.05) is 11.6 Å². The van der Waals surface area contributed by atoms with Gasteiger partial charge in [-0.2, -0.15) is 11.3 Å². The van der Waals surface area contributed by atoms with E-state index in [9.17, 15) is 14.9 Å². The molecule has 3 rings (SSSR count). The van der Waals surface area contributed by atoms with E-state index in [1.165, 1.54) is 0 Å². The molecule has 0 radical (unpaired) electrons. The van der Waals surface area contributed by atoms with Crippen molar-refractivity contribution in [1.29, 1.82) is 0 Å².